The normalized spacial score (nSPS) is 15.6. The third kappa shape index (κ3) is 7.46. The minimum Gasteiger partial charge on any atom is -0.493 e. The molecule has 1 saturated heterocycles. The van der Waals surface area contributed by atoms with E-state index in [0.717, 1.165) is 54.7 Å². The van der Waals surface area contributed by atoms with Gasteiger partial charge in [-0.2, -0.15) is 5.10 Å². The van der Waals surface area contributed by atoms with Gasteiger partial charge in [0, 0.05) is 42.9 Å². The van der Waals surface area contributed by atoms with E-state index in [1.807, 2.05) is 47.4 Å². The number of nitrogens with one attached hydrogen (secondary N) is 2. The third-order valence-electron chi connectivity index (χ3n) is 5.59. The number of rotatable bonds is 9. The van der Waals surface area contributed by atoms with Gasteiger partial charge in [0.1, 0.15) is 5.75 Å². The molecule has 2 N–H and O–H groups in total. The van der Waals surface area contributed by atoms with Crippen LogP contribution in [0.25, 0.3) is 5.69 Å². The number of aryl methyl sites for hydroxylation is 1. The Balaban J connectivity index is 0.00000324. The highest BCUT2D eigenvalue weighted by molar-refractivity contribution is 14.0. The first kappa shape index (κ1) is 26.0. The van der Waals surface area contributed by atoms with Gasteiger partial charge in [0.2, 0.25) is 0 Å². The van der Waals surface area contributed by atoms with Crippen LogP contribution >= 0.6 is 24.0 Å². The molecule has 0 saturated carbocycles. The number of para-hydroxylation sites is 1. The molecule has 1 unspecified atom stereocenters. The third-order valence-corrected chi connectivity index (χ3v) is 5.59. The van der Waals surface area contributed by atoms with Gasteiger partial charge in [0.15, 0.2) is 5.96 Å². The first-order valence-electron chi connectivity index (χ1n) is 11.6. The van der Waals surface area contributed by atoms with Crippen LogP contribution in [0.15, 0.2) is 65.9 Å². The quantitative estimate of drug-likeness (QED) is 0.224. The summed E-state index contributed by atoms with van der Waals surface area (Å²) >= 11 is 0. The SMILES string of the molecule is CCNC(=NCc1cnn(-c2ccccc2)c1)NCc1ccc(C)cc1OCC1CCOC1.I. The van der Waals surface area contributed by atoms with E-state index < -0.39 is 0 Å². The van der Waals surface area contributed by atoms with Crippen LogP contribution < -0.4 is 15.4 Å². The van der Waals surface area contributed by atoms with E-state index in [0.29, 0.717) is 25.6 Å². The van der Waals surface area contributed by atoms with E-state index in [-0.39, 0.29) is 24.0 Å². The monoisotopic (exact) mass is 575 g/mol. The van der Waals surface area contributed by atoms with Crippen LogP contribution in [0.3, 0.4) is 0 Å². The number of nitrogens with zero attached hydrogens (tertiary/aromatic N) is 3. The molecule has 1 aromatic heterocycles. The number of hydrogen-bond acceptors (Lipinski definition) is 4. The fourth-order valence-electron chi connectivity index (χ4n) is 3.72. The summed E-state index contributed by atoms with van der Waals surface area (Å²) in [5, 5.41) is 11.2. The van der Waals surface area contributed by atoms with Crippen molar-refractivity contribution in [1.29, 1.82) is 0 Å². The fourth-order valence-corrected chi connectivity index (χ4v) is 3.72. The Hall–Kier alpha value is -2.59. The zero-order valence-corrected chi connectivity index (χ0v) is 22.2. The van der Waals surface area contributed by atoms with E-state index in [4.69, 9.17) is 14.5 Å². The molecule has 0 spiro atoms. The summed E-state index contributed by atoms with van der Waals surface area (Å²) in [5.74, 6) is 2.16. The number of benzene rings is 2. The lowest BCUT2D eigenvalue weighted by atomic mass is 10.1. The molecule has 0 radical (unpaired) electrons. The maximum Gasteiger partial charge on any atom is 0.191 e. The predicted molar refractivity (Wildman–Crippen MR) is 146 cm³/mol. The fraction of sp³-hybridized carbons (Fsp3) is 0.385. The van der Waals surface area contributed by atoms with Crippen LogP contribution in [-0.2, 0) is 17.8 Å². The Kier molecular flexibility index (Phi) is 10.2. The van der Waals surface area contributed by atoms with Crippen molar-refractivity contribution in [3.8, 4) is 11.4 Å². The van der Waals surface area contributed by atoms with Crippen molar-refractivity contribution in [3.63, 3.8) is 0 Å². The summed E-state index contributed by atoms with van der Waals surface area (Å²) in [6.07, 6.45) is 4.94. The van der Waals surface area contributed by atoms with Gasteiger partial charge in [0.25, 0.3) is 0 Å². The summed E-state index contributed by atoms with van der Waals surface area (Å²) in [7, 11) is 0. The zero-order chi connectivity index (χ0) is 22.9. The highest BCUT2D eigenvalue weighted by Crippen LogP contribution is 2.22. The molecular formula is C26H34IN5O2. The van der Waals surface area contributed by atoms with Gasteiger partial charge in [-0.1, -0.05) is 30.3 Å². The summed E-state index contributed by atoms with van der Waals surface area (Å²) in [4.78, 5) is 4.75. The minimum absolute atomic E-state index is 0. The van der Waals surface area contributed by atoms with E-state index in [2.05, 4.69) is 47.8 Å². The van der Waals surface area contributed by atoms with Gasteiger partial charge >= 0.3 is 0 Å². The molecule has 1 atom stereocenters. The number of guanidine groups is 1. The van der Waals surface area contributed by atoms with E-state index in [1.165, 1.54) is 5.56 Å². The Morgan fingerprint density at radius 1 is 1.21 bits per heavy atom. The second kappa shape index (κ2) is 13.3. The molecule has 0 bridgehead atoms. The van der Waals surface area contributed by atoms with Gasteiger partial charge < -0.3 is 20.1 Å². The number of hydrogen-bond donors (Lipinski definition) is 2. The summed E-state index contributed by atoms with van der Waals surface area (Å²) < 4.78 is 13.5. The van der Waals surface area contributed by atoms with Gasteiger partial charge in [-0.25, -0.2) is 9.67 Å². The molecule has 182 valence electrons. The molecule has 1 fully saturated rings. The van der Waals surface area contributed by atoms with Crippen molar-refractivity contribution in [2.24, 2.45) is 10.9 Å². The lowest BCUT2D eigenvalue weighted by Gasteiger charge is -2.17. The summed E-state index contributed by atoms with van der Waals surface area (Å²) in [6, 6.07) is 16.4. The number of aromatic nitrogens is 2. The highest BCUT2D eigenvalue weighted by atomic mass is 127. The molecule has 1 aliphatic rings. The largest absolute Gasteiger partial charge is 0.493 e. The predicted octanol–water partition coefficient (Wildman–Crippen LogP) is 4.47. The first-order valence-corrected chi connectivity index (χ1v) is 11.6. The number of aliphatic imine (C=N–C) groups is 1. The molecular weight excluding hydrogens is 541 g/mol. The van der Waals surface area contributed by atoms with E-state index >= 15 is 0 Å². The van der Waals surface area contributed by atoms with Crippen molar-refractivity contribution in [3.05, 3.63) is 77.6 Å². The van der Waals surface area contributed by atoms with Crippen LogP contribution in [0.2, 0.25) is 0 Å². The second-order valence-electron chi connectivity index (χ2n) is 8.33. The Bertz CT molecular complexity index is 1050. The average molecular weight is 575 g/mol. The molecule has 2 heterocycles. The second-order valence-corrected chi connectivity index (χ2v) is 8.33. The standard InChI is InChI=1S/C26H33N5O2.HI/c1-3-27-26(28-14-22-15-30-31(17-22)24-7-5-4-6-8-24)29-16-23-10-9-20(2)13-25(23)33-19-21-11-12-32-18-21;/h4-10,13,15,17,21H,3,11-12,14,16,18-19H2,1-2H3,(H2,27,28,29);1H. The molecule has 2 aromatic carbocycles. The molecule has 7 nitrogen and oxygen atoms in total. The van der Waals surface area contributed by atoms with E-state index in [1.54, 1.807) is 0 Å². The lowest BCUT2D eigenvalue weighted by Crippen LogP contribution is -2.36. The van der Waals surface area contributed by atoms with Crippen LogP contribution in [0, 0.1) is 12.8 Å². The lowest BCUT2D eigenvalue weighted by molar-refractivity contribution is 0.166. The van der Waals surface area contributed by atoms with Gasteiger partial charge in [0.05, 0.1) is 31.6 Å². The zero-order valence-electron chi connectivity index (χ0n) is 19.9. The Labute approximate surface area is 219 Å². The van der Waals surface area contributed by atoms with Crippen LogP contribution in [0.5, 0.6) is 5.75 Å². The van der Waals surface area contributed by atoms with Crippen molar-refractivity contribution in [2.75, 3.05) is 26.4 Å². The smallest absolute Gasteiger partial charge is 0.191 e. The van der Waals surface area contributed by atoms with Crippen molar-refractivity contribution >= 4 is 29.9 Å². The minimum atomic E-state index is 0. The first-order chi connectivity index (χ1) is 16.2. The molecule has 0 amide bonds. The van der Waals surface area contributed by atoms with Gasteiger partial charge in [-0.15, -0.1) is 24.0 Å². The molecule has 0 aliphatic carbocycles. The number of halogens is 1. The molecule has 3 aromatic rings. The molecule has 8 heteroatoms. The highest BCUT2D eigenvalue weighted by Gasteiger charge is 2.17. The van der Waals surface area contributed by atoms with Crippen molar-refractivity contribution < 1.29 is 9.47 Å². The summed E-state index contributed by atoms with van der Waals surface area (Å²) in [6.45, 7) is 8.43. The molecule has 4 rings (SSSR count). The molecule has 34 heavy (non-hydrogen) atoms. The van der Waals surface area contributed by atoms with Crippen LogP contribution in [0.1, 0.15) is 30.0 Å². The average Bonchev–Trinajstić information content (AvgIpc) is 3.53. The molecule has 1 aliphatic heterocycles. The van der Waals surface area contributed by atoms with E-state index in [9.17, 15) is 0 Å². The van der Waals surface area contributed by atoms with Crippen LogP contribution in [-0.4, -0.2) is 42.1 Å². The van der Waals surface area contributed by atoms with Crippen molar-refractivity contribution in [1.82, 2.24) is 20.4 Å². The number of ether oxygens (including phenoxy) is 2. The van der Waals surface area contributed by atoms with Gasteiger partial charge in [-0.3, -0.25) is 0 Å². The Morgan fingerprint density at radius 2 is 2.06 bits per heavy atom. The topological polar surface area (TPSA) is 72.7 Å². The Morgan fingerprint density at radius 3 is 2.82 bits per heavy atom. The maximum absolute atomic E-state index is 6.18. The summed E-state index contributed by atoms with van der Waals surface area (Å²) in [5.41, 5.74) is 4.39. The van der Waals surface area contributed by atoms with Crippen molar-refractivity contribution in [2.45, 2.75) is 33.4 Å². The van der Waals surface area contributed by atoms with Gasteiger partial charge in [-0.05, 0) is 44.0 Å². The van der Waals surface area contributed by atoms with Crippen LogP contribution in [0.4, 0.5) is 0 Å². The maximum atomic E-state index is 6.18.